The number of alkyl halides is 5. The van der Waals surface area contributed by atoms with E-state index in [2.05, 4.69) is 0 Å². The highest BCUT2D eigenvalue weighted by Gasteiger charge is 2.52. The first-order valence-electron chi connectivity index (χ1n) is 7.23. The van der Waals surface area contributed by atoms with Crippen molar-refractivity contribution in [2.24, 2.45) is 0 Å². The molecule has 0 saturated heterocycles. The van der Waals surface area contributed by atoms with Gasteiger partial charge in [0.25, 0.3) is 0 Å². The number of ether oxygens (including phenoxy) is 1. The maximum Gasteiger partial charge on any atom is 0.416 e. The second kappa shape index (κ2) is 5.98. The summed E-state index contributed by atoms with van der Waals surface area (Å²) >= 11 is 0. The lowest BCUT2D eigenvalue weighted by molar-refractivity contribution is -0.159. The van der Waals surface area contributed by atoms with Gasteiger partial charge in [-0.1, -0.05) is 42.5 Å². The van der Waals surface area contributed by atoms with Gasteiger partial charge in [-0.05, 0) is 17.7 Å². The van der Waals surface area contributed by atoms with Crippen LogP contribution in [-0.4, -0.2) is 11.7 Å². The normalized spacial score (nSPS) is 20.0. The minimum absolute atomic E-state index is 0.0542. The van der Waals surface area contributed by atoms with E-state index in [1.54, 1.807) is 30.3 Å². The average molecular weight is 354 g/mol. The largest absolute Gasteiger partial charge is 0.478 e. The Morgan fingerprint density at radius 1 is 0.920 bits per heavy atom. The first-order valence-corrected chi connectivity index (χ1v) is 7.23. The van der Waals surface area contributed by atoms with Crippen LogP contribution in [-0.2, 0) is 15.7 Å². The Morgan fingerprint density at radius 3 is 2.08 bits per heavy atom. The van der Waals surface area contributed by atoms with E-state index in [1.165, 1.54) is 0 Å². The molecule has 1 aliphatic rings. The Bertz CT molecular complexity index is 808. The maximum absolute atomic E-state index is 14.2. The Labute approximate surface area is 139 Å². The van der Waals surface area contributed by atoms with Crippen LogP contribution in [0.2, 0.25) is 0 Å². The fourth-order valence-corrected chi connectivity index (χ4v) is 2.46. The number of benzene rings is 2. The lowest BCUT2D eigenvalue weighted by Gasteiger charge is -2.31. The van der Waals surface area contributed by atoms with Crippen LogP contribution in [0.25, 0.3) is 5.76 Å². The van der Waals surface area contributed by atoms with E-state index in [0.717, 1.165) is 12.1 Å². The minimum Gasteiger partial charge on any atom is -0.478 e. The van der Waals surface area contributed by atoms with Gasteiger partial charge in [0.1, 0.15) is 5.76 Å². The zero-order chi connectivity index (χ0) is 18.2. The monoisotopic (exact) mass is 354 g/mol. The summed E-state index contributed by atoms with van der Waals surface area (Å²) in [4.78, 5) is 11.8. The molecule has 0 amide bonds. The predicted octanol–water partition coefficient (Wildman–Crippen LogP) is 5.02. The van der Waals surface area contributed by atoms with E-state index >= 15 is 0 Å². The van der Waals surface area contributed by atoms with Crippen LogP contribution < -0.4 is 0 Å². The first kappa shape index (κ1) is 17.1. The van der Waals surface area contributed by atoms with E-state index < -0.39 is 29.5 Å². The zero-order valence-corrected chi connectivity index (χ0v) is 12.6. The second-order valence-electron chi connectivity index (χ2n) is 5.48. The van der Waals surface area contributed by atoms with Crippen LogP contribution in [0.15, 0.2) is 60.7 Å². The molecule has 0 fully saturated rings. The topological polar surface area (TPSA) is 26.3 Å². The standard InChI is InChI=1S/C18H11F5O2/c19-17(20)15(24)10-14(11-4-2-1-3-5-11)25-16(17)12-6-8-13(9-7-12)18(21,22)23/h1-10,16H. The Hall–Kier alpha value is -2.70. The number of ketones is 1. The molecule has 0 bridgehead atoms. The van der Waals surface area contributed by atoms with Crippen molar-refractivity contribution >= 4 is 11.5 Å². The molecule has 1 heterocycles. The van der Waals surface area contributed by atoms with Crippen LogP contribution in [0, 0.1) is 0 Å². The third kappa shape index (κ3) is 3.26. The molecule has 0 spiro atoms. The molecule has 1 aliphatic heterocycles. The molecular formula is C18H11F5O2. The van der Waals surface area contributed by atoms with Gasteiger partial charge >= 0.3 is 12.1 Å². The molecule has 0 aliphatic carbocycles. The molecule has 2 aromatic carbocycles. The van der Waals surface area contributed by atoms with E-state index in [0.29, 0.717) is 23.8 Å². The predicted molar refractivity (Wildman–Crippen MR) is 79.6 cm³/mol. The lowest BCUT2D eigenvalue weighted by atomic mass is 9.95. The Kier molecular flexibility index (Phi) is 4.10. The van der Waals surface area contributed by atoms with Gasteiger partial charge in [0.15, 0.2) is 6.10 Å². The van der Waals surface area contributed by atoms with Crippen molar-refractivity contribution in [1.82, 2.24) is 0 Å². The van der Waals surface area contributed by atoms with Crippen molar-refractivity contribution in [3.8, 4) is 0 Å². The summed E-state index contributed by atoms with van der Waals surface area (Å²) in [5.41, 5.74) is -0.767. The van der Waals surface area contributed by atoms with Gasteiger partial charge in [-0.25, -0.2) is 0 Å². The molecule has 3 rings (SSSR count). The van der Waals surface area contributed by atoms with Crippen molar-refractivity contribution < 1.29 is 31.5 Å². The summed E-state index contributed by atoms with van der Waals surface area (Å²) in [6.07, 6.45) is -5.88. The number of carbonyl (C=O) groups excluding carboxylic acids is 1. The molecule has 25 heavy (non-hydrogen) atoms. The highest BCUT2D eigenvalue weighted by Crippen LogP contribution is 2.43. The molecule has 0 aromatic heterocycles. The number of carbonyl (C=O) groups is 1. The molecule has 1 unspecified atom stereocenters. The summed E-state index contributed by atoms with van der Waals surface area (Å²) in [6.45, 7) is 0. The summed E-state index contributed by atoms with van der Waals surface area (Å²) < 4.78 is 71.6. The van der Waals surface area contributed by atoms with Crippen LogP contribution in [0.1, 0.15) is 22.8 Å². The van der Waals surface area contributed by atoms with Crippen molar-refractivity contribution in [2.45, 2.75) is 18.2 Å². The van der Waals surface area contributed by atoms with Crippen LogP contribution >= 0.6 is 0 Å². The molecular weight excluding hydrogens is 343 g/mol. The van der Waals surface area contributed by atoms with E-state index in [9.17, 15) is 26.7 Å². The fraction of sp³-hybridized carbons (Fsp3) is 0.167. The molecule has 7 heteroatoms. The van der Waals surface area contributed by atoms with Crippen LogP contribution in [0.5, 0.6) is 0 Å². The number of hydrogen-bond donors (Lipinski definition) is 0. The van der Waals surface area contributed by atoms with Crippen molar-refractivity contribution in [3.05, 3.63) is 77.4 Å². The van der Waals surface area contributed by atoms with Crippen molar-refractivity contribution in [2.75, 3.05) is 0 Å². The summed E-state index contributed by atoms with van der Waals surface area (Å²) in [5, 5.41) is 0. The zero-order valence-electron chi connectivity index (χ0n) is 12.6. The molecule has 0 N–H and O–H groups in total. The van der Waals surface area contributed by atoms with Gasteiger partial charge in [0.2, 0.25) is 5.78 Å². The van der Waals surface area contributed by atoms with Gasteiger partial charge in [-0.2, -0.15) is 22.0 Å². The molecule has 0 radical (unpaired) electrons. The Balaban J connectivity index is 1.97. The molecule has 130 valence electrons. The van der Waals surface area contributed by atoms with E-state index in [-0.39, 0.29) is 11.3 Å². The van der Waals surface area contributed by atoms with Crippen molar-refractivity contribution in [1.29, 1.82) is 0 Å². The van der Waals surface area contributed by atoms with Crippen molar-refractivity contribution in [3.63, 3.8) is 0 Å². The van der Waals surface area contributed by atoms with Gasteiger partial charge in [-0.3, -0.25) is 4.79 Å². The third-order valence-electron chi connectivity index (χ3n) is 3.76. The summed E-state index contributed by atoms with van der Waals surface area (Å²) in [6, 6.07) is 11.3. The molecule has 1 atom stereocenters. The lowest BCUT2D eigenvalue weighted by Crippen LogP contribution is -2.39. The second-order valence-corrected chi connectivity index (χ2v) is 5.48. The SMILES string of the molecule is O=C1C=C(c2ccccc2)OC(c2ccc(C(F)(F)F)cc2)C1(F)F. The van der Waals surface area contributed by atoms with Crippen LogP contribution in [0.3, 0.4) is 0 Å². The number of allylic oxidation sites excluding steroid dienone is 1. The summed E-state index contributed by atoms with van der Waals surface area (Å²) in [7, 11) is 0. The minimum atomic E-state index is -4.58. The maximum atomic E-state index is 14.2. The summed E-state index contributed by atoms with van der Waals surface area (Å²) in [5.74, 6) is -5.39. The van der Waals surface area contributed by atoms with Crippen LogP contribution in [0.4, 0.5) is 22.0 Å². The number of rotatable bonds is 2. The first-order chi connectivity index (χ1) is 11.7. The molecule has 0 saturated carbocycles. The number of halogens is 5. The average Bonchev–Trinajstić information content (AvgIpc) is 2.57. The molecule has 2 nitrogen and oxygen atoms in total. The smallest absolute Gasteiger partial charge is 0.416 e. The fourth-order valence-electron chi connectivity index (χ4n) is 2.46. The Morgan fingerprint density at radius 2 is 1.52 bits per heavy atom. The van der Waals surface area contributed by atoms with E-state index in [4.69, 9.17) is 4.74 Å². The third-order valence-corrected chi connectivity index (χ3v) is 3.76. The molecule has 2 aromatic rings. The van der Waals surface area contributed by atoms with E-state index in [1.807, 2.05) is 0 Å². The van der Waals surface area contributed by atoms with Gasteiger partial charge in [-0.15, -0.1) is 0 Å². The highest BCUT2D eigenvalue weighted by molar-refractivity contribution is 6.02. The van der Waals surface area contributed by atoms with Gasteiger partial charge in [0, 0.05) is 11.6 Å². The van der Waals surface area contributed by atoms with Gasteiger partial charge < -0.3 is 4.74 Å². The number of hydrogen-bond acceptors (Lipinski definition) is 2. The highest BCUT2D eigenvalue weighted by atomic mass is 19.4. The quantitative estimate of drug-likeness (QED) is 0.708. The van der Waals surface area contributed by atoms with Gasteiger partial charge in [0.05, 0.1) is 5.56 Å².